The quantitative estimate of drug-likeness (QED) is 0.834. The van der Waals surface area contributed by atoms with E-state index in [-0.39, 0.29) is 5.54 Å². The summed E-state index contributed by atoms with van der Waals surface area (Å²) in [5.74, 6) is 0.508. The zero-order valence-corrected chi connectivity index (χ0v) is 11.2. The van der Waals surface area contributed by atoms with Gasteiger partial charge in [-0.15, -0.1) is 0 Å². The van der Waals surface area contributed by atoms with E-state index in [0.29, 0.717) is 5.92 Å². The van der Waals surface area contributed by atoms with Crippen LogP contribution in [0.25, 0.3) is 0 Å². The van der Waals surface area contributed by atoms with Crippen LogP contribution >= 0.6 is 0 Å². The average Bonchev–Trinajstić information content (AvgIpc) is 3.24. The van der Waals surface area contributed by atoms with Gasteiger partial charge >= 0.3 is 0 Å². The van der Waals surface area contributed by atoms with Crippen molar-refractivity contribution in [1.29, 1.82) is 5.26 Å². The molecule has 1 aliphatic carbocycles. The minimum atomic E-state index is -0.390. The Morgan fingerprint density at radius 1 is 1.39 bits per heavy atom. The van der Waals surface area contributed by atoms with Gasteiger partial charge in [-0.05, 0) is 37.4 Å². The van der Waals surface area contributed by atoms with E-state index >= 15 is 0 Å². The SMILES string of the molecule is CCNC(C#N)(CN(C)c1ccccc1)C1CC1. The maximum absolute atomic E-state index is 9.57. The highest BCUT2D eigenvalue weighted by Crippen LogP contribution is 2.40. The van der Waals surface area contributed by atoms with Crippen molar-refractivity contribution >= 4 is 5.69 Å². The Bertz CT molecular complexity index is 419. The highest BCUT2D eigenvalue weighted by atomic mass is 15.2. The molecule has 3 nitrogen and oxygen atoms in total. The molecule has 0 bridgehead atoms. The number of hydrogen-bond donors (Lipinski definition) is 1. The number of rotatable bonds is 6. The summed E-state index contributed by atoms with van der Waals surface area (Å²) in [7, 11) is 2.06. The maximum Gasteiger partial charge on any atom is 0.127 e. The lowest BCUT2D eigenvalue weighted by Gasteiger charge is -2.33. The van der Waals surface area contributed by atoms with Gasteiger partial charge in [0.05, 0.1) is 6.07 Å². The Morgan fingerprint density at radius 3 is 2.56 bits per heavy atom. The molecule has 1 aromatic carbocycles. The Labute approximate surface area is 109 Å². The summed E-state index contributed by atoms with van der Waals surface area (Å²) >= 11 is 0. The molecule has 1 N–H and O–H groups in total. The first-order valence-corrected chi connectivity index (χ1v) is 6.64. The van der Waals surface area contributed by atoms with Crippen molar-refractivity contribution in [3.63, 3.8) is 0 Å². The maximum atomic E-state index is 9.57. The molecule has 1 unspecified atom stereocenters. The van der Waals surface area contributed by atoms with Crippen LogP contribution in [-0.2, 0) is 0 Å². The number of hydrogen-bond acceptors (Lipinski definition) is 3. The van der Waals surface area contributed by atoms with Crippen LogP contribution < -0.4 is 10.2 Å². The molecule has 18 heavy (non-hydrogen) atoms. The van der Waals surface area contributed by atoms with E-state index in [2.05, 4.69) is 42.4 Å². The second-order valence-corrected chi connectivity index (χ2v) is 5.08. The Balaban J connectivity index is 2.12. The lowest BCUT2D eigenvalue weighted by Crippen LogP contribution is -2.53. The van der Waals surface area contributed by atoms with Crippen molar-refractivity contribution in [2.24, 2.45) is 5.92 Å². The first-order valence-electron chi connectivity index (χ1n) is 6.64. The number of anilines is 1. The largest absolute Gasteiger partial charge is 0.372 e. The van der Waals surface area contributed by atoms with Crippen LogP contribution in [0, 0.1) is 17.2 Å². The van der Waals surface area contributed by atoms with E-state index in [1.165, 1.54) is 12.8 Å². The zero-order valence-electron chi connectivity index (χ0n) is 11.2. The van der Waals surface area contributed by atoms with Crippen LogP contribution in [0.1, 0.15) is 19.8 Å². The molecule has 0 amide bonds. The number of nitrogens with one attached hydrogen (secondary N) is 1. The lowest BCUT2D eigenvalue weighted by atomic mass is 9.94. The van der Waals surface area contributed by atoms with Crippen LogP contribution in [0.5, 0.6) is 0 Å². The fourth-order valence-electron chi connectivity index (χ4n) is 2.53. The third-order valence-corrected chi connectivity index (χ3v) is 3.65. The first-order chi connectivity index (χ1) is 8.72. The number of benzene rings is 1. The highest BCUT2D eigenvalue weighted by molar-refractivity contribution is 5.46. The van der Waals surface area contributed by atoms with E-state index in [9.17, 15) is 5.26 Å². The number of likely N-dealkylation sites (N-methyl/N-ethyl adjacent to an activating group) is 2. The van der Waals surface area contributed by atoms with Crippen molar-refractivity contribution in [2.45, 2.75) is 25.3 Å². The van der Waals surface area contributed by atoms with E-state index in [4.69, 9.17) is 0 Å². The predicted molar refractivity (Wildman–Crippen MR) is 74.5 cm³/mol. The topological polar surface area (TPSA) is 39.1 Å². The fourth-order valence-corrected chi connectivity index (χ4v) is 2.53. The lowest BCUT2D eigenvalue weighted by molar-refractivity contribution is 0.377. The van der Waals surface area contributed by atoms with Gasteiger partial charge in [0.2, 0.25) is 0 Å². The van der Waals surface area contributed by atoms with Crippen LogP contribution in [0.3, 0.4) is 0 Å². The van der Waals surface area contributed by atoms with Gasteiger partial charge in [-0.2, -0.15) is 5.26 Å². The van der Waals surface area contributed by atoms with E-state index in [0.717, 1.165) is 18.8 Å². The molecule has 1 aromatic rings. The molecule has 0 heterocycles. The summed E-state index contributed by atoms with van der Waals surface area (Å²) in [4.78, 5) is 2.17. The van der Waals surface area contributed by atoms with Crippen LogP contribution in [0.4, 0.5) is 5.69 Å². The molecule has 0 spiro atoms. The van der Waals surface area contributed by atoms with Crippen molar-refractivity contribution < 1.29 is 0 Å². The van der Waals surface area contributed by atoms with Crippen molar-refractivity contribution in [3.8, 4) is 6.07 Å². The van der Waals surface area contributed by atoms with Gasteiger partial charge in [-0.25, -0.2) is 0 Å². The van der Waals surface area contributed by atoms with E-state index < -0.39 is 0 Å². The standard InChI is InChI=1S/C15H21N3/c1-3-17-15(11-16,13-9-10-13)12-18(2)14-7-5-4-6-8-14/h4-8,13,17H,3,9-10,12H2,1-2H3. The van der Waals surface area contributed by atoms with Gasteiger partial charge in [0, 0.05) is 19.3 Å². The van der Waals surface area contributed by atoms with Crippen LogP contribution in [0.2, 0.25) is 0 Å². The van der Waals surface area contributed by atoms with Crippen molar-refractivity contribution in [3.05, 3.63) is 30.3 Å². The number of para-hydroxylation sites is 1. The molecular formula is C15H21N3. The van der Waals surface area contributed by atoms with Crippen LogP contribution in [-0.4, -0.2) is 25.7 Å². The molecule has 1 saturated carbocycles. The van der Waals surface area contributed by atoms with Crippen molar-refractivity contribution in [1.82, 2.24) is 5.32 Å². The smallest absolute Gasteiger partial charge is 0.127 e. The molecule has 96 valence electrons. The monoisotopic (exact) mass is 243 g/mol. The number of nitrogens with zero attached hydrogens (tertiary/aromatic N) is 2. The first kappa shape index (κ1) is 12.9. The molecule has 0 saturated heterocycles. The van der Waals surface area contributed by atoms with Gasteiger partial charge in [0.25, 0.3) is 0 Å². The third kappa shape index (κ3) is 2.65. The Morgan fingerprint density at radius 2 is 2.06 bits per heavy atom. The summed E-state index contributed by atoms with van der Waals surface area (Å²) in [5, 5.41) is 13.0. The molecule has 0 aliphatic heterocycles. The molecule has 3 heteroatoms. The summed E-state index contributed by atoms with van der Waals surface area (Å²) in [5.41, 5.74) is 0.773. The summed E-state index contributed by atoms with van der Waals surface area (Å²) < 4.78 is 0. The molecular weight excluding hydrogens is 222 g/mol. The molecule has 1 fully saturated rings. The Hall–Kier alpha value is -1.53. The second-order valence-electron chi connectivity index (χ2n) is 5.08. The molecule has 1 atom stereocenters. The summed E-state index contributed by atoms with van der Waals surface area (Å²) in [6.07, 6.45) is 2.34. The van der Waals surface area contributed by atoms with Crippen LogP contribution in [0.15, 0.2) is 30.3 Å². The third-order valence-electron chi connectivity index (χ3n) is 3.65. The van der Waals surface area contributed by atoms with Crippen molar-refractivity contribution in [2.75, 3.05) is 25.0 Å². The minimum Gasteiger partial charge on any atom is -0.372 e. The summed E-state index contributed by atoms with van der Waals surface area (Å²) in [6, 6.07) is 12.8. The molecule has 1 aliphatic rings. The van der Waals surface area contributed by atoms with Gasteiger partial charge in [0.15, 0.2) is 0 Å². The van der Waals surface area contributed by atoms with Gasteiger partial charge < -0.3 is 4.90 Å². The predicted octanol–water partition coefficient (Wildman–Crippen LogP) is 2.40. The van der Waals surface area contributed by atoms with Gasteiger partial charge in [-0.1, -0.05) is 25.1 Å². The molecule has 0 radical (unpaired) electrons. The average molecular weight is 243 g/mol. The van der Waals surface area contributed by atoms with E-state index in [1.54, 1.807) is 0 Å². The van der Waals surface area contributed by atoms with E-state index in [1.807, 2.05) is 18.2 Å². The summed E-state index contributed by atoms with van der Waals surface area (Å²) in [6.45, 7) is 3.65. The molecule has 0 aromatic heterocycles. The minimum absolute atomic E-state index is 0.390. The number of nitriles is 1. The van der Waals surface area contributed by atoms with Gasteiger partial charge in [0.1, 0.15) is 5.54 Å². The fraction of sp³-hybridized carbons (Fsp3) is 0.533. The molecule has 2 rings (SSSR count). The second kappa shape index (κ2) is 5.41. The zero-order chi connectivity index (χ0) is 13.0. The van der Waals surface area contributed by atoms with Gasteiger partial charge in [-0.3, -0.25) is 5.32 Å². The normalized spacial score (nSPS) is 17.8. The highest BCUT2D eigenvalue weighted by Gasteiger charge is 2.45. The Kier molecular flexibility index (Phi) is 3.88.